The summed E-state index contributed by atoms with van der Waals surface area (Å²) in [7, 11) is 0. The molecule has 1 N–H and O–H groups in total. The smallest absolute Gasteiger partial charge is 0.00175 e. The van der Waals surface area contributed by atoms with Gasteiger partial charge in [-0.05, 0) is 24.9 Å². The first-order valence-electron chi connectivity index (χ1n) is 3.55. The molecule has 1 nitrogen and oxygen atoms in total. The van der Waals surface area contributed by atoms with Gasteiger partial charge in [-0.3, -0.25) is 0 Å². The largest absolute Gasteiger partial charge is 0.316 e. The third-order valence-corrected chi connectivity index (χ3v) is 2.20. The molecule has 2 atom stereocenters. The normalized spacial score (nSPS) is 38.2. The highest BCUT2D eigenvalue weighted by molar-refractivity contribution is 4.76. The van der Waals surface area contributed by atoms with Crippen LogP contribution in [0, 0.1) is 11.8 Å². The molecule has 0 aromatic rings. The molecule has 1 aliphatic heterocycles. The molecule has 0 unspecified atom stereocenters. The Morgan fingerprint density at radius 3 is 2.50 bits per heavy atom. The Hall–Kier alpha value is -0.0400. The van der Waals surface area contributed by atoms with Crippen LogP contribution < -0.4 is 5.32 Å². The first kappa shape index (κ1) is 6.09. The van der Waals surface area contributed by atoms with Crippen molar-refractivity contribution < 1.29 is 0 Å². The van der Waals surface area contributed by atoms with Crippen LogP contribution in [0.4, 0.5) is 0 Å². The lowest BCUT2D eigenvalue weighted by Gasteiger charge is -2.08. The van der Waals surface area contributed by atoms with Gasteiger partial charge < -0.3 is 5.32 Å². The second kappa shape index (κ2) is 2.49. The van der Waals surface area contributed by atoms with Gasteiger partial charge in [0.25, 0.3) is 0 Å². The first-order chi connectivity index (χ1) is 3.84. The summed E-state index contributed by atoms with van der Waals surface area (Å²) in [6, 6.07) is 0. The molecule has 0 amide bonds. The molecule has 0 saturated carbocycles. The minimum absolute atomic E-state index is 0.917. The number of nitrogens with one attached hydrogen (secondary N) is 1. The van der Waals surface area contributed by atoms with E-state index in [1.807, 2.05) is 0 Å². The number of hydrogen-bond donors (Lipinski definition) is 1. The van der Waals surface area contributed by atoms with Crippen LogP contribution >= 0.6 is 0 Å². The molecule has 1 aliphatic rings. The SMILES string of the molecule is CC[C@@H]1CNC[C@H]1C. The second-order valence-electron chi connectivity index (χ2n) is 2.80. The van der Waals surface area contributed by atoms with E-state index in [0.29, 0.717) is 0 Å². The van der Waals surface area contributed by atoms with Crippen molar-refractivity contribution in [1.82, 2.24) is 5.32 Å². The quantitative estimate of drug-likeness (QED) is 0.539. The summed E-state index contributed by atoms with van der Waals surface area (Å²) >= 11 is 0. The van der Waals surface area contributed by atoms with Gasteiger partial charge in [-0.25, -0.2) is 0 Å². The molecule has 0 spiro atoms. The predicted octanol–water partition coefficient (Wildman–Crippen LogP) is 1.25. The highest BCUT2D eigenvalue weighted by Crippen LogP contribution is 2.17. The Morgan fingerprint density at radius 2 is 2.25 bits per heavy atom. The van der Waals surface area contributed by atoms with Gasteiger partial charge in [0.05, 0.1) is 0 Å². The highest BCUT2D eigenvalue weighted by atomic mass is 14.9. The van der Waals surface area contributed by atoms with Crippen molar-refractivity contribution in [1.29, 1.82) is 0 Å². The van der Waals surface area contributed by atoms with Crippen LogP contribution in [0.15, 0.2) is 0 Å². The monoisotopic (exact) mass is 113 g/mol. The van der Waals surface area contributed by atoms with Gasteiger partial charge in [0.15, 0.2) is 0 Å². The minimum atomic E-state index is 0.917. The maximum absolute atomic E-state index is 3.37. The van der Waals surface area contributed by atoms with E-state index in [-0.39, 0.29) is 0 Å². The summed E-state index contributed by atoms with van der Waals surface area (Å²) in [5.41, 5.74) is 0. The fourth-order valence-corrected chi connectivity index (χ4v) is 1.41. The lowest BCUT2D eigenvalue weighted by atomic mass is 9.96. The Morgan fingerprint density at radius 1 is 1.50 bits per heavy atom. The van der Waals surface area contributed by atoms with E-state index >= 15 is 0 Å². The third-order valence-electron chi connectivity index (χ3n) is 2.20. The van der Waals surface area contributed by atoms with Gasteiger partial charge in [-0.1, -0.05) is 20.3 Å². The zero-order chi connectivity index (χ0) is 5.98. The lowest BCUT2D eigenvalue weighted by Crippen LogP contribution is -2.07. The van der Waals surface area contributed by atoms with Gasteiger partial charge in [-0.15, -0.1) is 0 Å². The Bertz CT molecular complexity index is 70.8. The van der Waals surface area contributed by atoms with Crippen molar-refractivity contribution in [2.45, 2.75) is 20.3 Å². The van der Waals surface area contributed by atoms with Crippen molar-refractivity contribution in [3.8, 4) is 0 Å². The van der Waals surface area contributed by atoms with E-state index in [1.165, 1.54) is 19.5 Å². The van der Waals surface area contributed by atoms with Crippen LogP contribution in [0.25, 0.3) is 0 Å². The van der Waals surface area contributed by atoms with Crippen LogP contribution in [0.5, 0.6) is 0 Å². The summed E-state index contributed by atoms with van der Waals surface area (Å²) in [5.74, 6) is 1.87. The summed E-state index contributed by atoms with van der Waals surface area (Å²) in [5, 5.41) is 3.37. The molecule has 48 valence electrons. The van der Waals surface area contributed by atoms with E-state index in [1.54, 1.807) is 0 Å². The molecular formula is C7H15N. The fourth-order valence-electron chi connectivity index (χ4n) is 1.41. The Kier molecular flexibility index (Phi) is 1.90. The lowest BCUT2D eigenvalue weighted by molar-refractivity contribution is 0.440. The molecular weight excluding hydrogens is 98.1 g/mol. The maximum Gasteiger partial charge on any atom is -0.00175 e. The molecule has 0 aromatic carbocycles. The first-order valence-corrected chi connectivity index (χ1v) is 3.55. The van der Waals surface area contributed by atoms with Gasteiger partial charge in [0, 0.05) is 0 Å². The third kappa shape index (κ3) is 1.03. The standard InChI is InChI=1S/C7H15N/c1-3-7-5-8-4-6(7)2/h6-8H,3-5H2,1-2H3/t6-,7-/m1/s1. The summed E-state index contributed by atoms with van der Waals surface area (Å²) in [6.07, 6.45) is 1.34. The molecule has 0 bridgehead atoms. The average Bonchev–Trinajstić information content (AvgIpc) is 2.14. The van der Waals surface area contributed by atoms with E-state index in [0.717, 1.165) is 11.8 Å². The molecule has 8 heavy (non-hydrogen) atoms. The zero-order valence-corrected chi connectivity index (χ0v) is 5.78. The number of hydrogen-bond acceptors (Lipinski definition) is 1. The van der Waals surface area contributed by atoms with E-state index in [9.17, 15) is 0 Å². The fraction of sp³-hybridized carbons (Fsp3) is 1.00. The molecule has 0 aromatic heterocycles. The van der Waals surface area contributed by atoms with Crippen molar-refractivity contribution in [3.05, 3.63) is 0 Å². The van der Waals surface area contributed by atoms with Crippen LogP contribution in [-0.4, -0.2) is 13.1 Å². The maximum atomic E-state index is 3.37. The van der Waals surface area contributed by atoms with Gasteiger partial charge in [0.1, 0.15) is 0 Å². The van der Waals surface area contributed by atoms with Crippen molar-refractivity contribution in [2.75, 3.05) is 13.1 Å². The second-order valence-corrected chi connectivity index (χ2v) is 2.80. The molecule has 1 fully saturated rings. The summed E-state index contributed by atoms with van der Waals surface area (Å²) < 4.78 is 0. The molecule has 0 radical (unpaired) electrons. The van der Waals surface area contributed by atoms with E-state index in [2.05, 4.69) is 19.2 Å². The minimum Gasteiger partial charge on any atom is -0.316 e. The van der Waals surface area contributed by atoms with Crippen molar-refractivity contribution >= 4 is 0 Å². The van der Waals surface area contributed by atoms with Crippen LogP contribution in [-0.2, 0) is 0 Å². The zero-order valence-electron chi connectivity index (χ0n) is 5.78. The molecule has 0 aliphatic carbocycles. The summed E-state index contributed by atoms with van der Waals surface area (Å²) in [4.78, 5) is 0. The van der Waals surface area contributed by atoms with E-state index in [4.69, 9.17) is 0 Å². The molecule has 1 rings (SSSR count). The highest BCUT2D eigenvalue weighted by Gasteiger charge is 2.20. The van der Waals surface area contributed by atoms with Gasteiger partial charge >= 0.3 is 0 Å². The van der Waals surface area contributed by atoms with Crippen LogP contribution in [0.1, 0.15) is 20.3 Å². The average molecular weight is 113 g/mol. The van der Waals surface area contributed by atoms with Crippen molar-refractivity contribution in [2.24, 2.45) is 11.8 Å². The van der Waals surface area contributed by atoms with Crippen molar-refractivity contribution in [3.63, 3.8) is 0 Å². The number of rotatable bonds is 1. The summed E-state index contributed by atoms with van der Waals surface area (Å²) in [6.45, 7) is 7.08. The van der Waals surface area contributed by atoms with Crippen LogP contribution in [0.3, 0.4) is 0 Å². The Labute approximate surface area is 51.5 Å². The van der Waals surface area contributed by atoms with Gasteiger partial charge in [0.2, 0.25) is 0 Å². The van der Waals surface area contributed by atoms with E-state index < -0.39 is 0 Å². The van der Waals surface area contributed by atoms with Crippen LogP contribution in [0.2, 0.25) is 0 Å². The molecule has 1 heterocycles. The predicted molar refractivity (Wildman–Crippen MR) is 35.8 cm³/mol. The molecule has 1 saturated heterocycles. The molecule has 1 heteroatoms. The topological polar surface area (TPSA) is 12.0 Å². The van der Waals surface area contributed by atoms with Gasteiger partial charge in [-0.2, -0.15) is 0 Å². The Balaban J connectivity index is 2.30.